The molecule has 48 heavy (non-hydrogen) atoms. The van der Waals surface area contributed by atoms with E-state index in [0.717, 1.165) is 29.9 Å². The third-order valence-electron chi connectivity index (χ3n) is 8.93. The Hall–Kier alpha value is -4.84. The summed E-state index contributed by atoms with van der Waals surface area (Å²) in [5.74, 6) is 1.16. The predicted molar refractivity (Wildman–Crippen MR) is 190 cm³/mol. The highest BCUT2D eigenvalue weighted by Gasteiger charge is 2.50. The van der Waals surface area contributed by atoms with Gasteiger partial charge in [-0.05, 0) is 46.6 Å². The summed E-state index contributed by atoms with van der Waals surface area (Å²) in [4.78, 5) is 25.0. The van der Waals surface area contributed by atoms with Gasteiger partial charge in [0.2, 0.25) is 0 Å². The van der Waals surface area contributed by atoms with Crippen molar-refractivity contribution in [2.24, 2.45) is 0 Å². The lowest BCUT2D eigenvalue weighted by molar-refractivity contribution is 0.0918. The topological polar surface area (TPSA) is 107 Å². The quantitative estimate of drug-likeness (QED) is 0.215. The first-order chi connectivity index (χ1) is 23.2. The zero-order valence-electron chi connectivity index (χ0n) is 27.7. The molecule has 0 radical (unpaired) electrons. The van der Waals surface area contributed by atoms with Gasteiger partial charge in [0.1, 0.15) is 22.8 Å². The molecule has 1 N–H and O–H groups in total. The molecular formula is C37H40N6O4Si. The molecule has 0 saturated carbocycles. The van der Waals surface area contributed by atoms with Crippen LogP contribution < -0.4 is 20.6 Å². The van der Waals surface area contributed by atoms with E-state index in [2.05, 4.69) is 89.5 Å². The summed E-state index contributed by atoms with van der Waals surface area (Å²) in [5.41, 5.74) is 2.24. The third kappa shape index (κ3) is 5.89. The molecule has 0 spiro atoms. The van der Waals surface area contributed by atoms with Gasteiger partial charge < -0.3 is 23.8 Å². The minimum Gasteiger partial charge on any atom is -0.454 e. The van der Waals surface area contributed by atoms with E-state index in [1.54, 1.807) is 29.0 Å². The molecule has 4 aromatic heterocycles. The average Bonchev–Trinajstić information content (AvgIpc) is 3.73. The highest BCUT2D eigenvalue weighted by molar-refractivity contribution is 6.99. The van der Waals surface area contributed by atoms with Gasteiger partial charge in [0.05, 0.1) is 31.4 Å². The summed E-state index contributed by atoms with van der Waals surface area (Å²) in [7, 11) is -2.75. The molecule has 1 saturated heterocycles. The van der Waals surface area contributed by atoms with Crippen LogP contribution in [0.25, 0.3) is 28.1 Å². The number of pyridine rings is 1. The number of ether oxygens (including phenoxy) is 1. The first-order valence-electron chi connectivity index (χ1n) is 16.4. The molecule has 11 heteroatoms. The van der Waals surface area contributed by atoms with Gasteiger partial charge in [0.15, 0.2) is 11.4 Å². The van der Waals surface area contributed by atoms with Crippen molar-refractivity contribution in [1.29, 1.82) is 0 Å². The monoisotopic (exact) mass is 660 g/mol. The lowest BCUT2D eigenvalue weighted by Crippen LogP contribution is -2.67. The molecule has 5 heterocycles. The van der Waals surface area contributed by atoms with Crippen LogP contribution in [0, 0.1) is 0 Å². The second-order valence-electron chi connectivity index (χ2n) is 13.2. The number of imidazole rings is 1. The first-order valence-corrected chi connectivity index (χ1v) is 18.3. The van der Waals surface area contributed by atoms with Crippen molar-refractivity contribution in [2.75, 3.05) is 37.8 Å². The molecule has 0 aliphatic carbocycles. The van der Waals surface area contributed by atoms with E-state index in [1.165, 1.54) is 10.4 Å². The van der Waals surface area contributed by atoms with Gasteiger partial charge in [-0.3, -0.25) is 4.79 Å². The number of carbonyl (C=O) groups is 1. The number of benzene rings is 2. The molecule has 1 fully saturated rings. The van der Waals surface area contributed by atoms with Gasteiger partial charge >= 0.3 is 0 Å². The minimum atomic E-state index is -2.75. The molecule has 1 amide bonds. The van der Waals surface area contributed by atoms with Crippen molar-refractivity contribution in [3.63, 3.8) is 0 Å². The van der Waals surface area contributed by atoms with Crippen molar-refractivity contribution in [1.82, 2.24) is 24.9 Å². The van der Waals surface area contributed by atoms with Gasteiger partial charge in [-0.2, -0.15) is 5.10 Å². The van der Waals surface area contributed by atoms with E-state index in [4.69, 9.17) is 18.7 Å². The van der Waals surface area contributed by atoms with Crippen LogP contribution in [0.5, 0.6) is 0 Å². The highest BCUT2D eigenvalue weighted by Crippen LogP contribution is 2.37. The zero-order chi connectivity index (χ0) is 33.3. The Morgan fingerprint density at radius 1 is 0.958 bits per heavy atom. The van der Waals surface area contributed by atoms with E-state index in [1.807, 2.05) is 31.2 Å². The fourth-order valence-electron chi connectivity index (χ4n) is 6.62. The van der Waals surface area contributed by atoms with Gasteiger partial charge in [0.25, 0.3) is 14.2 Å². The zero-order valence-corrected chi connectivity index (χ0v) is 28.7. The maximum atomic E-state index is 13.6. The molecule has 1 atom stereocenters. The molecular weight excluding hydrogens is 621 g/mol. The van der Waals surface area contributed by atoms with E-state index >= 15 is 0 Å². The lowest BCUT2D eigenvalue weighted by atomic mass is 10.2. The predicted octanol–water partition coefficient (Wildman–Crippen LogP) is 5.07. The number of carbonyl (C=O) groups excluding carboxylic acids is 1. The molecule has 246 valence electrons. The number of fused-ring (bicyclic) bond motifs is 2. The van der Waals surface area contributed by atoms with Gasteiger partial charge in [-0.1, -0.05) is 81.4 Å². The number of anilines is 1. The van der Waals surface area contributed by atoms with Crippen LogP contribution in [0.4, 0.5) is 5.82 Å². The number of furan rings is 1. The van der Waals surface area contributed by atoms with E-state index in [0.29, 0.717) is 36.9 Å². The largest absolute Gasteiger partial charge is 0.454 e. The van der Waals surface area contributed by atoms with E-state index in [-0.39, 0.29) is 22.7 Å². The van der Waals surface area contributed by atoms with Crippen molar-refractivity contribution in [3.8, 4) is 11.5 Å². The molecule has 2 aromatic carbocycles. The number of hydrogen-bond donors (Lipinski definition) is 1. The molecule has 6 aromatic rings. The fraction of sp³-hybridized carbons (Fsp3) is 0.297. The van der Waals surface area contributed by atoms with Crippen LogP contribution in [0.2, 0.25) is 5.04 Å². The number of rotatable bonds is 9. The maximum absolute atomic E-state index is 13.6. The molecule has 7 rings (SSSR count). The van der Waals surface area contributed by atoms with Gasteiger partial charge in [-0.15, -0.1) is 0 Å². The highest BCUT2D eigenvalue weighted by atomic mass is 28.4. The molecule has 10 nitrogen and oxygen atoms in total. The second kappa shape index (κ2) is 13.0. The van der Waals surface area contributed by atoms with E-state index < -0.39 is 8.32 Å². The standard InChI is InChI=1S/C37H40N6O4Si/c1-26(25-46-48(37(2,3)4,27-11-7-5-8-12-27)28-13-9-6-10-14-28)40-36(44)30-15-16-34-39-24-31(43(34)41-30)33-23-29-32(47-33)17-18-38-35(29)42-19-21-45-22-20-42/h5-18,23-24,26H,19-22,25H2,1-4H3,(H,40,44)/t26-/m1/s1. The van der Waals surface area contributed by atoms with Crippen molar-refractivity contribution < 1.29 is 18.4 Å². The van der Waals surface area contributed by atoms with Crippen molar-refractivity contribution >= 4 is 47.0 Å². The summed E-state index contributed by atoms with van der Waals surface area (Å²) >= 11 is 0. The number of aromatic nitrogens is 4. The third-order valence-corrected chi connectivity index (χ3v) is 13.9. The van der Waals surface area contributed by atoms with Crippen LogP contribution in [0.3, 0.4) is 0 Å². The number of hydrogen-bond acceptors (Lipinski definition) is 8. The first kappa shape index (κ1) is 31.7. The summed E-state index contributed by atoms with van der Waals surface area (Å²) in [5, 5.41) is 10.9. The summed E-state index contributed by atoms with van der Waals surface area (Å²) < 4.78 is 20.5. The smallest absolute Gasteiger partial charge is 0.272 e. The van der Waals surface area contributed by atoms with Crippen molar-refractivity contribution in [3.05, 3.63) is 103 Å². The summed E-state index contributed by atoms with van der Waals surface area (Å²) in [6.45, 7) is 11.9. The van der Waals surface area contributed by atoms with E-state index in [9.17, 15) is 4.79 Å². The second-order valence-corrected chi connectivity index (χ2v) is 17.5. The summed E-state index contributed by atoms with van der Waals surface area (Å²) in [6, 6.07) is 28.0. The molecule has 1 aliphatic rings. The van der Waals surface area contributed by atoms with Crippen LogP contribution in [0.15, 0.2) is 102 Å². The Bertz CT molecular complexity index is 1990. The Balaban J connectivity index is 1.13. The Labute approximate surface area is 280 Å². The fourth-order valence-corrected chi connectivity index (χ4v) is 11.3. The number of morpholine rings is 1. The molecule has 0 bridgehead atoms. The van der Waals surface area contributed by atoms with Crippen LogP contribution >= 0.6 is 0 Å². The number of amides is 1. The Kier molecular flexibility index (Phi) is 8.59. The van der Waals surface area contributed by atoms with Gasteiger partial charge in [0, 0.05) is 25.3 Å². The van der Waals surface area contributed by atoms with Crippen LogP contribution in [0.1, 0.15) is 38.2 Å². The van der Waals surface area contributed by atoms with Gasteiger partial charge in [-0.25, -0.2) is 14.5 Å². The molecule has 1 aliphatic heterocycles. The van der Waals surface area contributed by atoms with Crippen LogP contribution in [-0.4, -0.2) is 72.8 Å². The van der Waals surface area contributed by atoms with Crippen LogP contribution in [-0.2, 0) is 9.16 Å². The SMILES string of the molecule is C[C@H](CO[Si](c1ccccc1)(c1ccccc1)C(C)(C)C)NC(=O)c1ccc2ncc(-c3cc4c(N5CCOCC5)nccc4o3)n2n1. The number of nitrogens with one attached hydrogen (secondary N) is 1. The molecule has 0 unspecified atom stereocenters. The maximum Gasteiger partial charge on any atom is 0.272 e. The average molecular weight is 661 g/mol. The lowest BCUT2D eigenvalue weighted by Gasteiger charge is -2.43. The minimum absolute atomic E-state index is 0.167. The summed E-state index contributed by atoms with van der Waals surface area (Å²) in [6.07, 6.45) is 3.47. The van der Waals surface area contributed by atoms with Crippen molar-refractivity contribution in [2.45, 2.75) is 38.8 Å². The number of nitrogens with zero attached hydrogens (tertiary/aromatic N) is 5. The Morgan fingerprint density at radius 2 is 1.65 bits per heavy atom. The Morgan fingerprint density at radius 3 is 2.31 bits per heavy atom. The normalized spacial score (nSPS) is 14.8.